The van der Waals surface area contributed by atoms with Gasteiger partial charge in [0, 0.05) is 6.07 Å². The molecule has 2 aromatic carbocycles. The van der Waals surface area contributed by atoms with Crippen molar-refractivity contribution in [2.45, 2.75) is 0 Å². The molecular formula is C15H13N5O4. The monoisotopic (exact) mass is 327 g/mol. The first-order chi connectivity index (χ1) is 11.7. The third-order valence-electron chi connectivity index (χ3n) is 3.43. The number of benzene rings is 2. The van der Waals surface area contributed by atoms with Crippen LogP contribution >= 0.6 is 0 Å². The summed E-state index contributed by atoms with van der Waals surface area (Å²) in [7, 11) is 3.02. The zero-order chi connectivity index (χ0) is 17.1. The van der Waals surface area contributed by atoms with Gasteiger partial charge in [-0.25, -0.2) is 0 Å². The van der Waals surface area contributed by atoms with Crippen LogP contribution in [0.3, 0.4) is 0 Å². The lowest BCUT2D eigenvalue weighted by molar-refractivity contribution is -0.384. The van der Waals surface area contributed by atoms with Gasteiger partial charge >= 0.3 is 0 Å². The first-order valence-corrected chi connectivity index (χ1v) is 6.91. The average molecular weight is 327 g/mol. The molecule has 0 aliphatic carbocycles. The summed E-state index contributed by atoms with van der Waals surface area (Å²) in [5.74, 6) is 1.26. The molecule has 0 unspecified atom stereocenters. The minimum Gasteiger partial charge on any atom is -0.496 e. The number of nitro groups is 1. The van der Waals surface area contributed by atoms with Gasteiger partial charge in [-0.3, -0.25) is 10.1 Å². The number of ether oxygens (including phenoxy) is 2. The van der Waals surface area contributed by atoms with Crippen molar-refractivity contribution in [2.75, 3.05) is 14.2 Å². The number of nitrogens with zero attached hydrogens (tertiary/aromatic N) is 5. The highest BCUT2D eigenvalue weighted by Gasteiger charge is 2.24. The lowest BCUT2D eigenvalue weighted by Crippen LogP contribution is -2.05. The molecule has 3 rings (SSSR count). The van der Waals surface area contributed by atoms with Crippen molar-refractivity contribution in [3.05, 3.63) is 52.6 Å². The Morgan fingerprint density at radius 3 is 2.33 bits per heavy atom. The summed E-state index contributed by atoms with van der Waals surface area (Å²) < 4.78 is 12.0. The van der Waals surface area contributed by atoms with E-state index < -0.39 is 4.92 Å². The van der Waals surface area contributed by atoms with E-state index in [1.165, 1.54) is 25.0 Å². The lowest BCUT2D eigenvalue weighted by atomic mass is 10.1. The van der Waals surface area contributed by atoms with Gasteiger partial charge in [0.2, 0.25) is 0 Å². The number of aromatic nitrogens is 4. The van der Waals surface area contributed by atoms with Gasteiger partial charge in [-0.15, -0.1) is 5.10 Å². The molecule has 24 heavy (non-hydrogen) atoms. The first-order valence-electron chi connectivity index (χ1n) is 6.91. The predicted molar refractivity (Wildman–Crippen MR) is 84.3 cm³/mol. The number of para-hydroxylation sites is 2. The van der Waals surface area contributed by atoms with Crippen LogP contribution in [0.1, 0.15) is 0 Å². The smallest absolute Gasteiger partial charge is 0.295 e. The van der Waals surface area contributed by atoms with Crippen molar-refractivity contribution in [1.82, 2.24) is 20.2 Å². The van der Waals surface area contributed by atoms with Crippen molar-refractivity contribution in [3.8, 4) is 28.6 Å². The number of methoxy groups -OCH3 is 2. The number of rotatable bonds is 5. The summed E-state index contributed by atoms with van der Waals surface area (Å²) in [5, 5.41) is 22.8. The highest BCUT2D eigenvalue weighted by atomic mass is 16.6. The molecule has 0 fully saturated rings. The second-order valence-corrected chi connectivity index (χ2v) is 4.70. The van der Waals surface area contributed by atoms with E-state index in [2.05, 4.69) is 15.5 Å². The van der Waals surface area contributed by atoms with E-state index in [9.17, 15) is 10.1 Å². The Kier molecular flexibility index (Phi) is 4.06. The SMILES string of the molecule is COc1cccc(OC)c1-c1nnnn1-c1ccccc1[N+](=O)[O-]. The maximum atomic E-state index is 11.3. The molecule has 0 atom stereocenters. The minimum atomic E-state index is -0.486. The molecule has 3 aromatic rings. The van der Waals surface area contributed by atoms with Crippen LogP contribution in [0.5, 0.6) is 11.5 Å². The normalized spacial score (nSPS) is 10.4. The molecule has 9 heteroatoms. The van der Waals surface area contributed by atoms with Crippen LogP contribution in [-0.2, 0) is 0 Å². The molecule has 1 aromatic heterocycles. The van der Waals surface area contributed by atoms with Crippen molar-refractivity contribution in [3.63, 3.8) is 0 Å². The van der Waals surface area contributed by atoms with Crippen molar-refractivity contribution >= 4 is 5.69 Å². The molecule has 9 nitrogen and oxygen atoms in total. The van der Waals surface area contributed by atoms with E-state index in [1.54, 1.807) is 36.4 Å². The van der Waals surface area contributed by atoms with E-state index in [-0.39, 0.29) is 17.2 Å². The summed E-state index contributed by atoms with van der Waals surface area (Å²) in [6.07, 6.45) is 0. The second kappa shape index (κ2) is 6.32. The van der Waals surface area contributed by atoms with Gasteiger partial charge < -0.3 is 9.47 Å². The number of nitro benzene ring substituents is 1. The van der Waals surface area contributed by atoms with Crippen LogP contribution in [0, 0.1) is 10.1 Å². The molecule has 1 heterocycles. The fraction of sp³-hybridized carbons (Fsp3) is 0.133. The fourth-order valence-corrected chi connectivity index (χ4v) is 2.37. The summed E-state index contributed by atoms with van der Waals surface area (Å²) in [5.41, 5.74) is 0.640. The van der Waals surface area contributed by atoms with Gasteiger partial charge in [-0.2, -0.15) is 4.68 Å². The zero-order valence-corrected chi connectivity index (χ0v) is 12.9. The summed E-state index contributed by atoms with van der Waals surface area (Å²) >= 11 is 0. The summed E-state index contributed by atoms with van der Waals surface area (Å²) in [6, 6.07) is 11.4. The Balaban J connectivity index is 2.26. The second-order valence-electron chi connectivity index (χ2n) is 4.70. The van der Waals surface area contributed by atoms with Crippen molar-refractivity contribution < 1.29 is 14.4 Å². The summed E-state index contributed by atoms with van der Waals surface area (Å²) in [6.45, 7) is 0. The number of hydrogen-bond acceptors (Lipinski definition) is 7. The Morgan fingerprint density at radius 2 is 1.71 bits per heavy atom. The van der Waals surface area contributed by atoms with E-state index >= 15 is 0 Å². The minimum absolute atomic E-state index is 0.111. The fourth-order valence-electron chi connectivity index (χ4n) is 2.37. The molecule has 122 valence electrons. The Labute approximate surface area is 136 Å². The molecular weight excluding hydrogens is 314 g/mol. The molecule has 0 bridgehead atoms. The van der Waals surface area contributed by atoms with E-state index in [0.29, 0.717) is 17.1 Å². The van der Waals surface area contributed by atoms with Gasteiger partial charge in [0.1, 0.15) is 22.7 Å². The van der Waals surface area contributed by atoms with E-state index in [1.807, 2.05) is 0 Å². The maximum Gasteiger partial charge on any atom is 0.295 e. The van der Waals surface area contributed by atoms with Crippen LogP contribution in [0.2, 0.25) is 0 Å². The molecule has 0 saturated carbocycles. The zero-order valence-electron chi connectivity index (χ0n) is 12.9. The Bertz CT molecular complexity index is 871. The average Bonchev–Trinajstić information content (AvgIpc) is 3.09. The van der Waals surface area contributed by atoms with Crippen LogP contribution in [0.25, 0.3) is 17.1 Å². The quantitative estimate of drug-likeness (QED) is 0.522. The molecule has 0 saturated heterocycles. The highest BCUT2D eigenvalue weighted by molar-refractivity contribution is 5.73. The maximum absolute atomic E-state index is 11.3. The summed E-state index contributed by atoms with van der Waals surface area (Å²) in [4.78, 5) is 10.8. The van der Waals surface area contributed by atoms with Gasteiger partial charge in [0.05, 0.1) is 19.1 Å². The molecule has 0 aliphatic heterocycles. The highest BCUT2D eigenvalue weighted by Crippen LogP contribution is 2.38. The van der Waals surface area contributed by atoms with Gasteiger partial charge in [0.15, 0.2) is 5.82 Å². The third-order valence-corrected chi connectivity index (χ3v) is 3.43. The largest absolute Gasteiger partial charge is 0.496 e. The Morgan fingerprint density at radius 1 is 1.04 bits per heavy atom. The third kappa shape index (κ3) is 2.51. The van der Waals surface area contributed by atoms with Gasteiger partial charge in [-0.05, 0) is 28.6 Å². The van der Waals surface area contributed by atoms with Crippen LogP contribution in [0.4, 0.5) is 5.69 Å². The lowest BCUT2D eigenvalue weighted by Gasteiger charge is -2.12. The van der Waals surface area contributed by atoms with Gasteiger partial charge in [0.25, 0.3) is 5.69 Å². The Hall–Kier alpha value is -3.49. The van der Waals surface area contributed by atoms with E-state index in [4.69, 9.17) is 9.47 Å². The molecule has 0 radical (unpaired) electrons. The van der Waals surface area contributed by atoms with Crippen LogP contribution < -0.4 is 9.47 Å². The number of tetrazole rings is 1. The molecule has 0 aliphatic rings. The number of hydrogen-bond donors (Lipinski definition) is 0. The molecule has 0 spiro atoms. The topological polar surface area (TPSA) is 105 Å². The van der Waals surface area contributed by atoms with Crippen LogP contribution in [-0.4, -0.2) is 39.4 Å². The van der Waals surface area contributed by atoms with Crippen molar-refractivity contribution in [2.24, 2.45) is 0 Å². The first kappa shape index (κ1) is 15.4. The predicted octanol–water partition coefficient (Wildman–Crippen LogP) is 2.25. The standard InChI is InChI=1S/C15H13N5O4/c1-23-12-8-5-9-13(24-2)14(12)15-16-17-18-19(15)10-6-3-4-7-11(10)20(21)22/h3-9H,1-2H3. The van der Waals surface area contributed by atoms with Crippen molar-refractivity contribution in [1.29, 1.82) is 0 Å². The van der Waals surface area contributed by atoms with Gasteiger partial charge in [-0.1, -0.05) is 18.2 Å². The molecule has 0 N–H and O–H groups in total. The van der Waals surface area contributed by atoms with E-state index in [0.717, 1.165) is 0 Å². The molecule has 0 amide bonds. The van der Waals surface area contributed by atoms with Crippen LogP contribution in [0.15, 0.2) is 42.5 Å².